The van der Waals surface area contributed by atoms with Crippen LogP contribution in [0, 0.1) is 0 Å². The van der Waals surface area contributed by atoms with Crippen LogP contribution in [-0.4, -0.2) is 13.0 Å². The van der Waals surface area contributed by atoms with Gasteiger partial charge in [0.05, 0.1) is 19.2 Å². The molecule has 5 heteroatoms. The van der Waals surface area contributed by atoms with Crippen molar-refractivity contribution in [3.05, 3.63) is 35.5 Å². The number of ether oxygens (including phenoxy) is 1. The van der Waals surface area contributed by atoms with Crippen LogP contribution in [0.3, 0.4) is 0 Å². The number of nitrogens with one attached hydrogen (secondary N) is 2. The van der Waals surface area contributed by atoms with E-state index in [0.29, 0.717) is 5.70 Å². The number of rotatable bonds is 2. The molecule has 0 radical (unpaired) electrons. The van der Waals surface area contributed by atoms with Crippen molar-refractivity contribution in [2.24, 2.45) is 0 Å². The molecule has 1 heterocycles. The number of methoxy groups -OCH3 is 1. The zero-order valence-corrected chi connectivity index (χ0v) is 8.93. The average Bonchev–Trinajstić information content (AvgIpc) is 2.66. The summed E-state index contributed by atoms with van der Waals surface area (Å²) in [7, 11) is 1.62. The first-order valence-corrected chi connectivity index (χ1v) is 5.19. The molecule has 1 aromatic rings. The molecule has 0 bridgehead atoms. The average molecular weight is 222 g/mol. The SMILES string of the molecule is COc1ccc(C=C2NSNC2=O)cc1. The molecule has 15 heavy (non-hydrogen) atoms. The Hall–Kier alpha value is -1.62. The van der Waals surface area contributed by atoms with Crippen LogP contribution in [0.25, 0.3) is 6.08 Å². The van der Waals surface area contributed by atoms with Crippen LogP contribution in [0.1, 0.15) is 5.56 Å². The maximum atomic E-state index is 11.2. The molecular formula is C10H10N2O2S. The smallest absolute Gasteiger partial charge is 0.279 e. The van der Waals surface area contributed by atoms with E-state index in [1.54, 1.807) is 13.2 Å². The molecule has 1 aromatic carbocycles. The zero-order chi connectivity index (χ0) is 10.7. The summed E-state index contributed by atoms with van der Waals surface area (Å²) in [5.74, 6) is 0.700. The van der Waals surface area contributed by atoms with E-state index in [9.17, 15) is 4.79 Å². The molecular weight excluding hydrogens is 212 g/mol. The Balaban J connectivity index is 2.20. The van der Waals surface area contributed by atoms with Crippen LogP contribution in [0.5, 0.6) is 5.75 Å². The van der Waals surface area contributed by atoms with Gasteiger partial charge in [0.1, 0.15) is 11.4 Å². The number of carbonyl (C=O) groups is 1. The van der Waals surface area contributed by atoms with E-state index in [1.807, 2.05) is 24.3 Å². The second-order valence-corrected chi connectivity index (χ2v) is 3.58. The lowest BCUT2D eigenvalue weighted by atomic mass is 10.2. The molecule has 1 aliphatic rings. The first-order valence-electron chi connectivity index (χ1n) is 4.37. The minimum absolute atomic E-state index is 0.101. The number of amides is 1. The van der Waals surface area contributed by atoms with Gasteiger partial charge in [0.25, 0.3) is 5.91 Å². The van der Waals surface area contributed by atoms with Crippen molar-refractivity contribution in [1.29, 1.82) is 0 Å². The lowest BCUT2D eigenvalue weighted by Crippen LogP contribution is -2.09. The highest BCUT2D eigenvalue weighted by atomic mass is 32.2. The third kappa shape index (κ3) is 2.24. The molecule has 0 saturated carbocycles. The van der Waals surface area contributed by atoms with Crippen LogP contribution < -0.4 is 14.2 Å². The molecule has 2 rings (SSSR count). The van der Waals surface area contributed by atoms with E-state index < -0.39 is 0 Å². The van der Waals surface area contributed by atoms with Gasteiger partial charge in [-0.3, -0.25) is 9.52 Å². The molecule has 2 N–H and O–H groups in total. The van der Waals surface area contributed by atoms with E-state index >= 15 is 0 Å². The molecule has 4 nitrogen and oxygen atoms in total. The van der Waals surface area contributed by atoms with Crippen LogP contribution in [0.2, 0.25) is 0 Å². The predicted molar refractivity (Wildman–Crippen MR) is 59.8 cm³/mol. The topological polar surface area (TPSA) is 50.4 Å². The second kappa shape index (κ2) is 4.27. The van der Waals surface area contributed by atoms with Gasteiger partial charge in [-0.1, -0.05) is 12.1 Å². The lowest BCUT2D eigenvalue weighted by Gasteiger charge is -1.99. The zero-order valence-electron chi connectivity index (χ0n) is 8.11. The number of benzene rings is 1. The Bertz CT molecular complexity index is 400. The number of hydrogen-bond donors (Lipinski definition) is 2. The largest absolute Gasteiger partial charge is 0.497 e. The standard InChI is InChI=1S/C10H10N2O2S/c1-14-8-4-2-7(3-5-8)6-9-10(13)12-15-11-9/h2-6,11H,1H3,(H,12,13). The Kier molecular flexibility index (Phi) is 2.82. The van der Waals surface area contributed by atoms with Crippen molar-refractivity contribution in [2.45, 2.75) is 0 Å². The summed E-state index contributed by atoms with van der Waals surface area (Å²) in [4.78, 5) is 11.2. The van der Waals surface area contributed by atoms with Crippen LogP contribution >= 0.6 is 12.1 Å². The molecule has 1 aliphatic heterocycles. The molecule has 0 aromatic heterocycles. The summed E-state index contributed by atoms with van der Waals surface area (Å²) in [6.45, 7) is 0. The third-order valence-corrected chi connectivity index (χ3v) is 2.59. The minimum Gasteiger partial charge on any atom is -0.497 e. The Labute approximate surface area is 92.0 Å². The van der Waals surface area contributed by atoms with Crippen molar-refractivity contribution in [3.63, 3.8) is 0 Å². The van der Waals surface area contributed by atoms with Gasteiger partial charge < -0.3 is 9.46 Å². The maximum Gasteiger partial charge on any atom is 0.279 e. The van der Waals surface area contributed by atoms with Gasteiger partial charge in [-0.25, -0.2) is 0 Å². The molecule has 1 saturated heterocycles. The fourth-order valence-corrected chi connectivity index (χ4v) is 1.71. The van der Waals surface area contributed by atoms with Crippen molar-refractivity contribution in [1.82, 2.24) is 9.44 Å². The Morgan fingerprint density at radius 2 is 2.00 bits per heavy atom. The first-order chi connectivity index (χ1) is 7.29. The van der Waals surface area contributed by atoms with Crippen LogP contribution in [0.4, 0.5) is 0 Å². The second-order valence-electron chi connectivity index (χ2n) is 2.97. The van der Waals surface area contributed by atoms with Crippen molar-refractivity contribution >= 4 is 24.1 Å². The Morgan fingerprint density at radius 1 is 1.27 bits per heavy atom. The van der Waals surface area contributed by atoms with E-state index in [2.05, 4.69) is 9.44 Å². The molecule has 0 atom stereocenters. The number of hydrogen-bond acceptors (Lipinski definition) is 4. The predicted octanol–water partition coefficient (Wildman–Crippen LogP) is 1.32. The summed E-state index contributed by atoms with van der Waals surface area (Å²) in [5, 5.41) is 0. The van der Waals surface area contributed by atoms with Crippen molar-refractivity contribution < 1.29 is 9.53 Å². The van der Waals surface area contributed by atoms with Gasteiger partial charge in [0.2, 0.25) is 0 Å². The van der Waals surface area contributed by atoms with Gasteiger partial charge in [-0.05, 0) is 23.8 Å². The fourth-order valence-electron chi connectivity index (χ4n) is 1.19. The summed E-state index contributed by atoms with van der Waals surface area (Å²) < 4.78 is 10.5. The molecule has 1 amide bonds. The van der Waals surface area contributed by atoms with Gasteiger partial charge in [-0.2, -0.15) is 0 Å². The Morgan fingerprint density at radius 3 is 2.53 bits per heavy atom. The minimum atomic E-state index is -0.101. The molecule has 78 valence electrons. The van der Waals surface area contributed by atoms with Crippen LogP contribution in [-0.2, 0) is 4.79 Å². The maximum absolute atomic E-state index is 11.2. The van der Waals surface area contributed by atoms with E-state index in [1.165, 1.54) is 12.1 Å². The molecule has 0 unspecified atom stereocenters. The van der Waals surface area contributed by atoms with Gasteiger partial charge in [0.15, 0.2) is 0 Å². The normalized spacial score (nSPS) is 17.4. The third-order valence-electron chi connectivity index (χ3n) is 1.98. The van der Waals surface area contributed by atoms with E-state index in [4.69, 9.17) is 4.74 Å². The summed E-state index contributed by atoms with van der Waals surface area (Å²) >= 11 is 1.17. The molecule has 1 fully saturated rings. The highest BCUT2D eigenvalue weighted by Crippen LogP contribution is 2.15. The van der Waals surface area contributed by atoms with Gasteiger partial charge >= 0.3 is 0 Å². The van der Waals surface area contributed by atoms with E-state index in [-0.39, 0.29) is 5.91 Å². The fraction of sp³-hybridized carbons (Fsp3) is 0.100. The van der Waals surface area contributed by atoms with Gasteiger partial charge in [0, 0.05) is 0 Å². The quantitative estimate of drug-likeness (QED) is 0.585. The highest BCUT2D eigenvalue weighted by Gasteiger charge is 2.15. The summed E-state index contributed by atoms with van der Waals surface area (Å²) in [6.07, 6.45) is 1.79. The van der Waals surface area contributed by atoms with Crippen LogP contribution in [0.15, 0.2) is 30.0 Å². The summed E-state index contributed by atoms with van der Waals surface area (Å²) in [6, 6.07) is 7.49. The monoisotopic (exact) mass is 222 g/mol. The number of carbonyl (C=O) groups excluding carboxylic acids is 1. The van der Waals surface area contributed by atoms with Crippen molar-refractivity contribution in [3.8, 4) is 5.75 Å². The molecule has 0 aliphatic carbocycles. The highest BCUT2D eigenvalue weighted by molar-refractivity contribution is 7.96. The summed E-state index contributed by atoms with van der Waals surface area (Å²) in [5.41, 5.74) is 1.51. The molecule has 0 spiro atoms. The van der Waals surface area contributed by atoms with E-state index in [0.717, 1.165) is 11.3 Å². The first kappa shape index (κ1) is 9.92. The lowest BCUT2D eigenvalue weighted by molar-refractivity contribution is -0.115. The van der Waals surface area contributed by atoms with Crippen molar-refractivity contribution in [2.75, 3.05) is 7.11 Å². The van der Waals surface area contributed by atoms with Gasteiger partial charge in [-0.15, -0.1) is 0 Å².